The van der Waals surface area contributed by atoms with Crippen LogP contribution >= 0.6 is 0 Å². The first kappa shape index (κ1) is 13.8. The van der Waals surface area contributed by atoms with Crippen LogP contribution in [0.4, 0.5) is 5.82 Å². The number of nitrogens with zero attached hydrogens (tertiary/aromatic N) is 2. The van der Waals surface area contributed by atoms with E-state index in [1.807, 2.05) is 6.07 Å². The van der Waals surface area contributed by atoms with Gasteiger partial charge in [-0.25, -0.2) is 9.78 Å². The Bertz CT molecular complexity index is 483. The molecule has 1 N–H and O–H groups in total. The van der Waals surface area contributed by atoms with Crippen molar-refractivity contribution >= 4 is 11.8 Å². The lowest BCUT2D eigenvalue weighted by atomic mass is 9.85. The largest absolute Gasteiger partial charge is 0.478 e. The molecule has 0 spiro atoms. The molecule has 0 unspecified atom stereocenters. The molecule has 0 radical (unpaired) electrons. The minimum atomic E-state index is -0.909. The number of carbonyl (C=O) groups is 1. The number of pyridine rings is 1. The summed E-state index contributed by atoms with van der Waals surface area (Å²) in [5, 5.41) is 9.03. The number of aryl methyl sites for hydroxylation is 1. The van der Waals surface area contributed by atoms with Crippen molar-refractivity contribution in [2.24, 2.45) is 5.41 Å². The fourth-order valence-corrected chi connectivity index (χ4v) is 2.60. The monoisotopic (exact) mass is 262 g/mol. The normalized spacial score (nSPS) is 19.0. The molecule has 4 nitrogen and oxygen atoms in total. The van der Waals surface area contributed by atoms with Crippen molar-refractivity contribution in [1.29, 1.82) is 0 Å². The molecule has 2 rings (SSSR count). The van der Waals surface area contributed by atoms with Crippen LogP contribution in [-0.4, -0.2) is 29.1 Å². The Morgan fingerprint density at radius 2 is 2.05 bits per heavy atom. The van der Waals surface area contributed by atoms with Gasteiger partial charge in [0.05, 0.1) is 11.3 Å². The van der Waals surface area contributed by atoms with Gasteiger partial charge in [0, 0.05) is 13.1 Å². The van der Waals surface area contributed by atoms with Crippen molar-refractivity contribution in [1.82, 2.24) is 4.98 Å². The van der Waals surface area contributed by atoms with Crippen LogP contribution in [-0.2, 0) is 0 Å². The number of anilines is 1. The number of carboxylic acid groups (broad SMARTS) is 1. The third kappa shape index (κ3) is 3.25. The van der Waals surface area contributed by atoms with Crippen LogP contribution < -0.4 is 4.90 Å². The van der Waals surface area contributed by atoms with Crippen molar-refractivity contribution in [3.63, 3.8) is 0 Å². The summed E-state index contributed by atoms with van der Waals surface area (Å²) >= 11 is 0. The molecule has 104 valence electrons. The van der Waals surface area contributed by atoms with Crippen molar-refractivity contribution in [2.45, 2.75) is 40.0 Å². The fourth-order valence-electron chi connectivity index (χ4n) is 2.60. The highest BCUT2D eigenvalue weighted by Crippen LogP contribution is 2.31. The van der Waals surface area contributed by atoms with E-state index in [2.05, 4.69) is 23.7 Å². The summed E-state index contributed by atoms with van der Waals surface area (Å²) in [6.07, 6.45) is 3.54. The van der Waals surface area contributed by atoms with Gasteiger partial charge in [-0.3, -0.25) is 0 Å². The van der Waals surface area contributed by atoms with E-state index in [1.54, 1.807) is 13.0 Å². The van der Waals surface area contributed by atoms with Crippen LogP contribution in [0, 0.1) is 12.3 Å². The summed E-state index contributed by atoms with van der Waals surface area (Å²) in [6.45, 7) is 8.37. The Labute approximate surface area is 114 Å². The summed E-state index contributed by atoms with van der Waals surface area (Å²) in [6, 6.07) is 3.49. The molecular weight excluding hydrogens is 240 g/mol. The summed E-state index contributed by atoms with van der Waals surface area (Å²) in [4.78, 5) is 17.7. The molecule has 0 saturated carbocycles. The lowest BCUT2D eigenvalue weighted by Crippen LogP contribution is -2.26. The summed E-state index contributed by atoms with van der Waals surface area (Å²) < 4.78 is 0. The fraction of sp³-hybridized carbons (Fsp3) is 0.600. The molecule has 0 bridgehead atoms. The van der Waals surface area contributed by atoms with Gasteiger partial charge in [0.15, 0.2) is 0 Å². The molecular formula is C15H22N2O2. The third-order valence-corrected chi connectivity index (χ3v) is 3.97. The maximum atomic E-state index is 11.0. The summed E-state index contributed by atoms with van der Waals surface area (Å²) in [7, 11) is 0. The van der Waals surface area contributed by atoms with Crippen LogP contribution in [0.5, 0.6) is 0 Å². The molecule has 0 aromatic carbocycles. The standard InChI is InChI=1S/C15H22N2O2/c1-11-12(14(18)19)5-6-13(16-11)17-9-4-7-15(2,3)8-10-17/h5-6H,4,7-10H2,1-3H3,(H,18,19). The van der Waals surface area contributed by atoms with Crippen LogP contribution in [0.1, 0.15) is 49.2 Å². The predicted molar refractivity (Wildman–Crippen MR) is 75.8 cm³/mol. The predicted octanol–water partition coefficient (Wildman–Crippen LogP) is 3.10. The van der Waals surface area contributed by atoms with E-state index in [9.17, 15) is 4.79 Å². The zero-order chi connectivity index (χ0) is 14.0. The minimum Gasteiger partial charge on any atom is -0.478 e. The number of aromatic carboxylic acids is 1. The SMILES string of the molecule is Cc1nc(N2CCCC(C)(C)CC2)ccc1C(=O)O. The third-order valence-electron chi connectivity index (χ3n) is 3.97. The highest BCUT2D eigenvalue weighted by molar-refractivity contribution is 5.89. The van der Waals surface area contributed by atoms with E-state index in [0.717, 1.165) is 31.7 Å². The zero-order valence-corrected chi connectivity index (χ0v) is 11.9. The van der Waals surface area contributed by atoms with Gasteiger partial charge in [0.2, 0.25) is 0 Å². The molecule has 1 aliphatic rings. The molecule has 4 heteroatoms. The molecule has 0 atom stereocenters. The average Bonchev–Trinajstić information content (AvgIpc) is 2.49. The van der Waals surface area contributed by atoms with E-state index in [0.29, 0.717) is 16.7 Å². The van der Waals surface area contributed by atoms with Crippen molar-refractivity contribution in [3.8, 4) is 0 Å². The Kier molecular flexibility index (Phi) is 3.78. The number of aromatic nitrogens is 1. The van der Waals surface area contributed by atoms with Crippen molar-refractivity contribution < 1.29 is 9.90 Å². The molecule has 1 saturated heterocycles. The van der Waals surface area contributed by atoms with Crippen LogP contribution in [0.15, 0.2) is 12.1 Å². The van der Waals surface area contributed by atoms with E-state index in [1.165, 1.54) is 6.42 Å². The quantitative estimate of drug-likeness (QED) is 0.889. The molecule has 1 aliphatic heterocycles. The van der Waals surface area contributed by atoms with Gasteiger partial charge < -0.3 is 10.0 Å². The maximum Gasteiger partial charge on any atom is 0.337 e. The van der Waals surface area contributed by atoms with Gasteiger partial charge in [0.1, 0.15) is 5.82 Å². The average molecular weight is 262 g/mol. The molecule has 19 heavy (non-hydrogen) atoms. The number of carboxylic acids is 1. The molecule has 0 amide bonds. The van der Waals surface area contributed by atoms with Crippen LogP contribution in [0.2, 0.25) is 0 Å². The maximum absolute atomic E-state index is 11.0. The minimum absolute atomic E-state index is 0.291. The van der Waals surface area contributed by atoms with Crippen molar-refractivity contribution in [2.75, 3.05) is 18.0 Å². The Morgan fingerprint density at radius 3 is 2.68 bits per heavy atom. The lowest BCUT2D eigenvalue weighted by Gasteiger charge is -2.24. The Balaban J connectivity index is 2.18. The van der Waals surface area contributed by atoms with Crippen molar-refractivity contribution in [3.05, 3.63) is 23.4 Å². The molecule has 1 fully saturated rings. The zero-order valence-electron chi connectivity index (χ0n) is 11.9. The van der Waals surface area contributed by atoms with E-state index >= 15 is 0 Å². The number of hydrogen-bond acceptors (Lipinski definition) is 3. The Morgan fingerprint density at radius 1 is 1.32 bits per heavy atom. The number of hydrogen-bond donors (Lipinski definition) is 1. The molecule has 1 aromatic heterocycles. The number of rotatable bonds is 2. The van der Waals surface area contributed by atoms with Gasteiger partial charge in [0.25, 0.3) is 0 Å². The highest BCUT2D eigenvalue weighted by Gasteiger charge is 2.24. The molecule has 0 aliphatic carbocycles. The topological polar surface area (TPSA) is 53.4 Å². The Hall–Kier alpha value is -1.58. The smallest absolute Gasteiger partial charge is 0.337 e. The van der Waals surface area contributed by atoms with Gasteiger partial charge in [-0.05, 0) is 43.7 Å². The van der Waals surface area contributed by atoms with E-state index in [-0.39, 0.29) is 0 Å². The first-order chi connectivity index (χ1) is 8.89. The summed E-state index contributed by atoms with van der Waals surface area (Å²) in [5.74, 6) is -0.00579. The highest BCUT2D eigenvalue weighted by atomic mass is 16.4. The molecule has 2 heterocycles. The van der Waals surface area contributed by atoms with Crippen LogP contribution in [0.3, 0.4) is 0 Å². The second-order valence-electron chi connectivity index (χ2n) is 6.11. The molecule has 1 aromatic rings. The second-order valence-corrected chi connectivity index (χ2v) is 6.11. The van der Waals surface area contributed by atoms with Crippen LogP contribution in [0.25, 0.3) is 0 Å². The lowest BCUT2D eigenvalue weighted by molar-refractivity contribution is 0.0695. The first-order valence-corrected chi connectivity index (χ1v) is 6.85. The second kappa shape index (κ2) is 5.19. The van der Waals surface area contributed by atoms with Gasteiger partial charge in [-0.2, -0.15) is 0 Å². The van der Waals surface area contributed by atoms with E-state index < -0.39 is 5.97 Å². The van der Waals surface area contributed by atoms with Gasteiger partial charge in [-0.15, -0.1) is 0 Å². The first-order valence-electron chi connectivity index (χ1n) is 6.85. The van der Waals surface area contributed by atoms with Gasteiger partial charge in [-0.1, -0.05) is 13.8 Å². The summed E-state index contributed by atoms with van der Waals surface area (Å²) in [5.41, 5.74) is 1.28. The van der Waals surface area contributed by atoms with Gasteiger partial charge >= 0.3 is 5.97 Å². The van der Waals surface area contributed by atoms with E-state index in [4.69, 9.17) is 5.11 Å².